The number of halogens is 1. The van der Waals surface area contributed by atoms with E-state index in [2.05, 4.69) is 60.8 Å². The van der Waals surface area contributed by atoms with Gasteiger partial charge in [0.25, 0.3) is 0 Å². The summed E-state index contributed by atoms with van der Waals surface area (Å²) in [7, 11) is 0. The molecule has 10 heavy (non-hydrogen) atoms. The lowest BCUT2D eigenvalue weighted by Gasteiger charge is -2.10. The Morgan fingerprint density at radius 1 is 1.50 bits per heavy atom. The molecular formula is C7H15IN2. The summed E-state index contributed by atoms with van der Waals surface area (Å²) in [6.07, 6.45) is 1.92. The van der Waals surface area contributed by atoms with Crippen LogP contribution in [0.5, 0.6) is 0 Å². The second kappa shape index (κ2) is 4.16. The first-order valence-electron chi connectivity index (χ1n) is 3.35. The lowest BCUT2D eigenvalue weighted by molar-refractivity contribution is 0.596. The highest BCUT2D eigenvalue weighted by atomic mass is 127. The minimum absolute atomic E-state index is 0.179. The molecule has 0 aliphatic heterocycles. The van der Waals surface area contributed by atoms with Crippen LogP contribution in [0.1, 0.15) is 27.7 Å². The van der Waals surface area contributed by atoms with Crippen LogP contribution in [0.15, 0.2) is 5.10 Å². The molecule has 60 valence electrons. The second-order valence-corrected chi connectivity index (χ2v) is 5.24. The van der Waals surface area contributed by atoms with E-state index in [4.69, 9.17) is 0 Å². The van der Waals surface area contributed by atoms with Crippen LogP contribution in [-0.4, -0.2) is 10.3 Å². The van der Waals surface area contributed by atoms with Crippen LogP contribution >= 0.6 is 22.6 Å². The maximum absolute atomic E-state index is 4.06. The van der Waals surface area contributed by atoms with Crippen molar-refractivity contribution in [3.63, 3.8) is 0 Å². The van der Waals surface area contributed by atoms with Gasteiger partial charge < -0.3 is 0 Å². The van der Waals surface area contributed by atoms with Crippen LogP contribution in [0.3, 0.4) is 0 Å². The zero-order valence-electron chi connectivity index (χ0n) is 6.98. The van der Waals surface area contributed by atoms with E-state index >= 15 is 0 Å². The van der Waals surface area contributed by atoms with E-state index in [1.807, 2.05) is 6.21 Å². The molecule has 2 nitrogen and oxygen atoms in total. The van der Waals surface area contributed by atoms with Crippen molar-refractivity contribution < 1.29 is 0 Å². The van der Waals surface area contributed by atoms with Crippen molar-refractivity contribution in [1.82, 2.24) is 5.43 Å². The minimum Gasteiger partial charge on any atom is -0.298 e. The van der Waals surface area contributed by atoms with Crippen LogP contribution in [0, 0.1) is 5.41 Å². The average molecular weight is 254 g/mol. The van der Waals surface area contributed by atoms with Crippen molar-refractivity contribution in [3.8, 4) is 0 Å². The fourth-order valence-corrected chi connectivity index (χ4v) is 0.494. The van der Waals surface area contributed by atoms with Crippen molar-refractivity contribution >= 4 is 28.8 Å². The van der Waals surface area contributed by atoms with Gasteiger partial charge in [0.2, 0.25) is 0 Å². The highest BCUT2D eigenvalue weighted by Gasteiger charge is 2.04. The van der Waals surface area contributed by atoms with Crippen LogP contribution in [0.4, 0.5) is 0 Å². The third kappa shape index (κ3) is 8.20. The number of hydrazone groups is 1. The minimum atomic E-state index is 0.179. The first-order valence-corrected chi connectivity index (χ1v) is 4.60. The Labute approximate surface area is 76.6 Å². The lowest BCUT2D eigenvalue weighted by atomic mass is 9.99. The standard InChI is InChI=1S/C7H15IN2/c1-6(8)10-9-5-7(2,3)4/h5-6,10H,1-4H3/b9-5+. The Morgan fingerprint density at radius 3 is 2.30 bits per heavy atom. The molecule has 0 fully saturated rings. The Bertz CT molecular complexity index is 113. The van der Waals surface area contributed by atoms with E-state index in [0.717, 1.165) is 0 Å². The second-order valence-electron chi connectivity index (χ2n) is 3.37. The van der Waals surface area contributed by atoms with Gasteiger partial charge in [-0.2, -0.15) is 5.10 Å². The van der Waals surface area contributed by atoms with Gasteiger partial charge in [-0.15, -0.1) is 0 Å². The fourth-order valence-electron chi connectivity index (χ4n) is 0.334. The number of rotatable bonds is 2. The molecule has 0 heterocycles. The van der Waals surface area contributed by atoms with Crippen molar-refractivity contribution in [2.75, 3.05) is 0 Å². The lowest BCUT2D eigenvalue weighted by Crippen LogP contribution is -2.16. The third-order valence-corrected chi connectivity index (χ3v) is 0.983. The molecule has 0 aromatic heterocycles. The summed E-state index contributed by atoms with van der Waals surface area (Å²) in [6, 6.07) is 0. The maximum Gasteiger partial charge on any atom is 0.0923 e. The Kier molecular flexibility index (Phi) is 4.24. The summed E-state index contributed by atoms with van der Waals surface area (Å²) >= 11 is 2.27. The smallest absolute Gasteiger partial charge is 0.0923 e. The summed E-state index contributed by atoms with van der Waals surface area (Å²) in [5.41, 5.74) is 3.14. The highest BCUT2D eigenvalue weighted by molar-refractivity contribution is 14.1. The molecule has 0 saturated carbocycles. The molecule has 0 aliphatic carbocycles. The van der Waals surface area contributed by atoms with Crippen molar-refractivity contribution in [2.45, 2.75) is 31.7 Å². The number of alkyl halides is 1. The first-order chi connectivity index (χ1) is 4.42. The van der Waals surface area contributed by atoms with E-state index in [0.29, 0.717) is 4.05 Å². The number of hydrogen-bond acceptors (Lipinski definition) is 2. The summed E-state index contributed by atoms with van der Waals surface area (Å²) < 4.78 is 0.399. The van der Waals surface area contributed by atoms with Gasteiger partial charge in [-0.3, -0.25) is 5.43 Å². The van der Waals surface area contributed by atoms with E-state index in [1.54, 1.807) is 0 Å². The average Bonchev–Trinajstić information content (AvgIpc) is 1.59. The van der Waals surface area contributed by atoms with Gasteiger partial charge >= 0.3 is 0 Å². The predicted molar refractivity (Wildman–Crippen MR) is 54.6 cm³/mol. The normalized spacial score (nSPS) is 15.7. The summed E-state index contributed by atoms with van der Waals surface area (Å²) in [6.45, 7) is 8.42. The Balaban J connectivity index is 3.57. The van der Waals surface area contributed by atoms with Crippen molar-refractivity contribution in [2.24, 2.45) is 10.5 Å². The van der Waals surface area contributed by atoms with Crippen LogP contribution in [0.2, 0.25) is 0 Å². The molecule has 0 radical (unpaired) electrons. The van der Waals surface area contributed by atoms with Gasteiger partial charge in [-0.05, 0) is 12.3 Å². The molecule has 0 aromatic rings. The molecule has 1 N–H and O–H groups in total. The van der Waals surface area contributed by atoms with Crippen molar-refractivity contribution in [1.29, 1.82) is 0 Å². The van der Waals surface area contributed by atoms with Gasteiger partial charge in [0.15, 0.2) is 0 Å². The molecule has 0 amide bonds. The number of hydrogen-bond donors (Lipinski definition) is 1. The molecule has 0 rings (SSSR count). The highest BCUT2D eigenvalue weighted by Crippen LogP contribution is 2.07. The van der Waals surface area contributed by atoms with Gasteiger partial charge in [-0.25, -0.2) is 0 Å². The summed E-state index contributed by atoms with van der Waals surface area (Å²) in [5.74, 6) is 0. The van der Waals surface area contributed by atoms with Crippen LogP contribution in [-0.2, 0) is 0 Å². The van der Waals surface area contributed by atoms with Gasteiger partial charge in [0, 0.05) is 6.21 Å². The van der Waals surface area contributed by atoms with Crippen LogP contribution < -0.4 is 5.43 Å². The fraction of sp³-hybridized carbons (Fsp3) is 0.857. The van der Waals surface area contributed by atoms with E-state index in [9.17, 15) is 0 Å². The van der Waals surface area contributed by atoms with Gasteiger partial charge in [0.1, 0.15) is 0 Å². The topological polar surface area (TPSA) is 24.4 Å². The molecule has 0 saturated heterocycles. The summed E-state index contributed by atoms with van der Waals surface area (Å²) in [4.78, 5) is 0. The number of nitrogens with zero attached hydrogens (tertiary/aromatic N) is 1. The SMILES string of the molecule is CC(I)N/N=C/C(C)(C)C. The van der Waals surface area contributed by atoms with Crippen LogP contribution in [0.25, 0.3) is 0 Å². The van der Waals surface area contributed by atoms with Gasteiger partial charge in [0.05, 0.1) is 4.05 Å². The largest absolute Gasteiger partial charge is 0.298 e. The molecular weight excluding hydrogens is 239 g/mol. The molecule has 0 aromatic carbocycles. The summed E-state index contributed by atoms with van der Waals surface area (Å²) in [5, 5.41) is 4.06. The predicted octanol–water partition coefficient (Wildman–Crippen LogP) is 2.39. The van der Waals surface area contributed by atoms with E-state index in [-0.39, 0.29) is 5.41 Å². The number of nitrogens with one attached hydrogen (secondary N) is 1. The maximum atomic E-state index is 4.06. The molecule has 1 atom stereocenters. The van der Waals surface area contributed by atoms with E-state index < -0.39 is 0 Å². The molecule has 0 aliphatic rings. The zero-order valence-corrected chi connectivity index (χ0v) is 9.14. The molecule has 0 bridgehead atoms. The van der Waals surface area contributed by atoms with Crippen molar-refractivity contribution in [3.05, 3.63) is 0 Å². The quantitative estimate of drug-likeness (QED) is 0.264. The zero-order chi connectivity index (χ0) is 8.20. The molecule has 3 heteroatoms. The molecule has 1 unspecified atom stereocenters. The third-order valence-electron chi connectivity index (χ3n) is 0.704. The monoisotopic (exact) mass is 254 g/mol. The van der Waals surface area contributed by atoms with Gasteiger partial charge in [-0.1, -0.05) is 43.4 Å². The Morgan fingerprint density at radius 2 is 2.00 bits per heavy atom. The Hall–Kier alpha value is 0.200. The first kappa shape index (κ1) is 10.2. The van der Waals surface area contributed by atoms with E-state index in [1.165, 1.54) is 0 Å². The molecule has 0 spiro atoms.